The Kier molecular flexibility index (Phi) is 16.4. The molecule has 0 atom stereocenters. The number of unbranched alkanes of at least 4 members (excludes halogenated alkanes) is 15. The van der Waals surface area contributed by atoms with E-state index in [0.29, 0.717) is 5.56 Å². The van der Waals surface area contributed by atoms with Crippen LogP contribution in [0.15, 0.2) is 18.2 Å². The first-order valence-electron chi connectivity index (χ1n) is 12.7. The van der Waals surface area contributed by atoms with Crippen molar-refractivity contribution in [2.24, 2.45) is 0 Å². The predicted octanol–water partition coefficient (Wildman–Crippen LogP) is 7.48. The maximum absolute atomic E-state index is 12.3. The molecule has 1 amide bonds. The Labute approximate surface area is 186 Å². The van der Waals surface area contributed by atoms with E-state index >= 15 is 0 Å². The van der Waals surface area contributed by atoms with Gasteiger partial charge in [-0.05, 0) is 30.5 Å². The molecular weight excluding hydrogens is 370 g/mol. The Balaban J connectivity index is 1.89. The molecule has 0 fully saturated rings. The average Bonchev–Trinajstić information content (AvgIpc) is 2.75. The zero-order chi connectivity index (χ0) is 21.9. The number of hydrogen-bond donors (Lipinski definition) is 2. The van der Waals surface area contributed by atoms with E-state index in [1.807, 2.05) is 19.1 Å². The van der Waals surface area contributed by atoms with Gasteiger partial charge in [0.25, 0.3) is 5.91 Å². The fourth-order valence-corrected chi connectivity index (χ4v) is 4.10. The van der Waals surface area contributed by atoms with Gasteiger partial charge in [0.1, 0.15) is 0 Å². The molecule has 0 saturated heterocycles. The lowest BCUT2D eigenvalue weighted by Crippen LogP contribution is -2.25. The molecule has 0 heterocycles. The summed E-state index contributed by atoms with van der Waals surface area (Å²) in [7, 11) is 0. The smallest absolute Gasteiger partial charge is 0.251 e. The summed E-state index contributed by atoms with van der Waals surface area (Å²) < 4.78 is 0. The number of benzene rings is 1. The second-order valence-corrected chi connectivity index (χ2v) is 8.82. The number of amides is 1. The Morgan fingerprint density at radius 3 is 1.70 bits per heavy atom. The Morgan fingerprint density at radius 1 is 0.767 bits per heavy atom. The Hall–Kier alpha value is -1.35. The molecule has 0 bridgehead atoms. The summed E-state index contributed by atoms with van der Waals surface area (Å²) in [5.74, 6) is -0.0660. The van der Waals surface area contributed by atoms with Crippen LogP contribution in [0.4, 0.5) is 0 Å². The number of carbonyl (C=O) groups is 1. The average molecular weight is 418 g/mol. The summed E-state index contributed by atoms with van der Waals surface area (Å²) in [5, 5.41) is 12.5. The molecular formula is C27H47NO2. The highest BCUT2D eigenvalue weighted by Crippen LogP contribution is 2.15. The van der Waals surface area contributed by atoms with Crippen LogP contribution in [0, 0.1) is 6.92 Å². The topological polar surface area (TPSA) is 49.3 Å². The van der Waals surface area contributed by atoms with Gasteiger partial charge in [0.2, 0.25) is 0 Å². The zero-order valence-electron chi connectivity index (χ0n) is 19.8. The fourth-order valence-electron chi connectivity index (χ4n) is 4.10. The van der Waals surface area contributed by atoms with E-state index < -0.39 is 0 Å². The summed E-state index contributed by atoms with van der Waals surface area (Å²) in [6.07, 6.45) is 21.7. The number of rotatable bonds is 19. The Bertz CT molecular complexity index is 556. The van der Waals surface area contributed by atoms with Crippen LogP contribution < -0.4 is 5.32 Å². The monoisotopic (exact) mass is 417 g/mol. The third-order valence-corrected chi connectivity index (χ3v) is 6.13. The van der Waals surface area contributed by atoms with Gasteiger partial charge >= 0.3 is 0 Å². The molecule has 0 spiro atoms. The van der Waals surface area contributed by atoms with E-state index in [0.717, 1.165) is 24.1 Å². The zero-order valence-corrected chi connectivity index (χ0v) is 19.8. The quantitative estimate of drug-likeness (QED) is 0.229. The van der Waals surface area contributed by atoms with E-state index in [9.17, 15) is 9.90 Å². The van der Waals surface area contributed by atoms with Crippen molar-refractivity contribution in [1.82, 2.24) is 5.32 Å². The molecule has 1 rings (SSSR count). The van der Waals surface area contributed by atoms with Crippen molar-refractivity contribution in [2.45, 2.75) is 123 Å². The van der Waals surface area contributed by atoms with Crippen LogP contribution in [0.3, 0.4) is 0 Å². The highest BCUT2D eigenvalue weighted by atomic mass is 16.3. The number of hydrogen-bond acceptors (Lipinski definition) is 2. The number of nitrogens with one attached hydrogen (secondary N) is 1. The van der Waals surface area contributed by atoms with E-state index in [1.54, 1.807) is 6.07 Å². The first kappa shape index (κ1) is 26.7. The molecule has 30 heavy (non-hydrogen) atoms. The van der Waals surface area contributed by atoms with Crippen LogP contribution in [0.1, 0.15) is 131 Å². The number of carbonyl (C=O) groups excluding carboxylic acids is 1. The summed E-state index contributed by atoms with van der Waals surface area (Å²) in [6.45, 7) is 4.84. The normalized spacial score (nSPS) is 11.0. The van der Waals surface area contributed by atoms with Crippen LogP contribution in [0.5, 0.6) is 0 Å². The van der Waals surface area contributed by atoms with Gasteiger partial charge in [-0.3, -0.25) is 4.79 Å². The SMILES string of the molecule is CCCCCCCCCCCCCCCCCCNC(=O)c1cccc(C)c1CO. The summed E-state index contributed by atoms with van der Waals surface area (Å²) >= 11 is 0. The van der Waals surface area contributed by atoms with Crippen molar-refractivity contribution in [1.29, 1.82) is 0 Å². The van der Waals surface area contributed by atoms with Gasteiger partial charge in [0.05, 0.1) is 6.61 Å². The van der Waals surface area contributed by atoms with E-state index in [4.69, 9.17) is 0 Å². The van der Waals surface area contributed by atoms with Gasteiger partial charge in [0, 0.05) is 12.1 Å². The molecule has 1 aromatic carbocycles. The van der Waals surface area contributed by atoms with Crippen LogP contribution in [0.2, 0.25) is 0 Å². The molecule has 3 heteroatoms. The van der Waals surface area contributed by atoms with E-state index in [2.05, 4.69) is 12.2 Å². The second-order valence-electron chi connectivity index (χ2n) is 8.82. The van der Waals surface area contributed by atoms with Gasteiger partial charge in [-0.2, -0.15) is 0 Å². The number of aliphatic hydroxyl groups excluding tert-OH is 1. The molecule has 2 N–H and O–H groups in total. The van der Waals surface area contributed by atoms with Crippen molar-refractivity contribution in [2.75, 3.05) is 6.54 Å². The van der Waals surface area contributed by atoms with Crippen molar-refractivity contribution >= 4 is 5.91 Å². The van der Waals surface area contributed by atoms with Crippen molar-refractivity contribution < 1.29 is 9.90 Å². The van der Waals surface area contributed by atoms with Crippen LogP contribution >= 0.6 is 0 Å². The van der Waals surface area contributed by atoms with Gasteiger partial charge < -0.3 is 10.4 Å². The third kappa shape index (κ3) is 12.4. The Morgan fingerprint density at radius 2 is 1.23 bits per heavy atom. The minimum Gasteiger partial charge on any atom is -0.392 e. The molecule has 0 aliphatic heterocycles. The van der Waals surface area contributed by atoms with Crippen LogP contribution in [-0.4, -0.2) is 17.6 Å². The van der Waals surface area contributed by atoms with Gasteiger partial charge in [-0.25, -0.2) is 0 Å². The standard InChI is InChI=1S/C27H47NO2/c1-3-4-5-6-7-8-9-10-11-12-13-14-15-16-17-18-22-28-27(30)25-21-19-20-24(2)26(25)23-29/h19-21,29H,3-18,22-23H2,1-2H3,(H,28,30). The minimum atomic E-state index is -0.0888. The summed E-state index contributed by atoms with van der Waals surface area (Å²) in [5.41, 5.74) is 2.31. The van der Waals surface area contributed by atoms with E-state index in [-0.39, 0.29) is 12.5 Å². The summed E-state index contributed by atoms with van der Waals surface area (Å²) in [6, 6.07) is 5.59. The molecule has 0 aliphatic carbocycles. The highest BCUT2D eigenvalue weighted by molar-refractivity contribution is 5.95. The minimum absolute atomic E-state index is 0.0660. The lowest BCUT2D eigenvalue weighted by Gasteiger charge is -2.11. The van der Waals surface area contributed by atoms with Gasteiger partial charge in [-0.15, -0.1) is 0 Å². The fraction of sp³-hybridized carbons (Fsp3) is 0.741. The second kappa shape index (κ2) is 18.4. The van der Waals surface area contributed by atoms with Gasteiger partial charge in [0.15, 0.2) is 0 Å². The molecule has 3 nitrogen and oxygen atoms in total. The highest BCUT2D eigenvalue weighted by Gasteiger charge is 2.11. The molecule has 0 saturated carbocycles. The number of aliphatic hydroxyl groups is 1. The van der Waals surface area contributed by atoms with Crippen LogP contribution in [0.25, 0.3) is 0 Å². The van der Waals surface area contributed by atoms with Crippen LogP contribution in [-0.2, 0) is 6.61 Å². The van der Waals surface area contributed by atoms with Crippen molar-refractivity contribution in [3.8, 4) is 0 Å². The molecule has 0 aromatic heterocycles. The molecule has 0 radical (unpaired) electrons. The largest absolute Gasteiger partial charge is 0.392 e. The van der Waals surface area contributed by atoms with Crippen molar-refractivity contribution in [3.63, 3.8) is 0 Å². The van der Waals surface area contributed by atoms with Gasteiger partial charge in [-0.1, -0.05) is 115 Å². The lowest BCUT2D eigenvalue weighted by molar-refractivity contribution is 0.0949. The van der Waals surface area contributed by atoms with E-state index in [1.165, 1.54) is 96.3 Å². The first-order chi connectivity index (χ1) is 14.7. The molecule has 0 aliphatic rings. The maximum atomic E-state index is 12.3. The number of aryl methyl sites for hydroxylation is 1. The third-order valence-electron chi connectivity index (χ3n) is 6.13. The maximum Gasteiger partial charge on any atom is 0.251 e. The predicted molar refractivity (Wildman–Crippen MR) is 129 cm³/mol. The molecule has 1 aromatic rings. The first-order valence-corrected chi connectivity index (χ1v) is 12.7. The molecule has 0 unspecified atom stereocenters. The lowest BCUT2D eigenvalue weighted by atomic mass is 10.0. The van der Waals surface area contributed by atoms with Crippen molar-refractivity contribution in [3.05, 3.63) is 34.9 Å². The molecule has 172 valence electrons. The summed E-state index contributed by atoms with van der Waals surface area (Å²) in [4.78, 5) is 12.3.